The van der Waals surface area contributed by atoms with Crippen LogP contribution in [0.5, 0.6) is 0 Å². The molecule has 5 rings (SSSR count). The first-order valence-electron chi connectivity index (χ1n) is 10.1. The maximum Gasteiger partial charge on any atom is 0.226 e. The van der Waals surface area contributed by atoms with Crippen molar-refractivity contribution in [1.82, 2.24) is 9.97 Å². The summed E-state index contributed by atoms with van der Waals surface area (Å²) in [6.07, 6.45) is 5.63. The predicted molar refractivity (Wildman–Crippen MR) is 106 cm³/mol. The molecule has 1 saturated heterocycles. The number of aryl methyl sites for hydroxylation is 1. The van der Waals surface area contributed by atoms with Gasteiger partial charge in [-0.25, -0.2) is 14.4 Å². The van der Waals surface area contributed by atoms with Crippen molar-refractivity contribution in [3.8, 4) is 11.3 Å². The third kappa shape index (κ3) is 2.59. The molecular weight excluding hydrogens is 339 g/mol. The number of nitrogens with zero attached hydrogens (tertiary/aromatic N) is 3. The average Bonchev–Trinajstić information content (AvgIpc) is 2.86. The first-order chi connectivity index (χ1) is 12.9. The molecule has 1 atom stereocenters. The summed E-state index contributed by atoms with van der Waals surface area (Å²) in [4.78, 5) is 11.7. The second kappa shape index (κ2) is 5.74. The molecule has 2 N–H and O–H groups in total. The standard InChI is InChI=1S/C22H27FN4/c1-14-13-15(5-6-17(14)22(24)8-3-9-22)18-16-7-10-21(2,23)19(16)26-20(25-18)27-11-4-12-27/h5-6,13H,3-4,7-12,24H2,1-2H3. The van der Waals surface area contributed by atoms with Gasteiger partial charge in [0.05, 0.1) is 11.4 Å². The van der Waals surface area contributed by atoms with E-state index in [1.807, 2.05) is 0 Å². The first kappa shape index (κ1) is 17.1. The van der Waals surface area contributed by atoms with Crippen LogP contribution in [0.1, 0.15) is 61.4 Å². The Kier molecular flexibility index (Phi) is 3.64. The van der Waals surface area contributed by atoms with E-state index in [1.54, 1.807) is 6.92 Å². The second-order valence-corrected chi connectivity index (χ2v) is 8.78. The SMILES string of the molecule is Cc1cc(-c2nc(N3CCC3)nc3c2CCC3(C)F)ccc1C1(N)CCC1. The summed E-state index contributed by atoms with van der Waals surface area (Å²) in [6, 6.07) is 6.45. The molecule has 0 spiro atoms. The molecular formula is C22H27FN4. The molecule has 2 heterocycles. The van der Waals surface area contributed by atoms with Gasteiger partial charge < -0.3 is 10.6 Å². The zero-order valence-corrected chi connectivity index (χ0v) is 16.2. The number of anilines is 1. The van der Waals surface area contributed by atoms with E-state index in [9.17, 15) is 0 Å². The lowest BCUT2D eigenvalue weighted by Gasteiger charge is -2.39. The number of alkyl halides is 1. The Morgan fingerprint density at radius 3 is 2.48 bits per heavy atom. The molecule has 1 saturated carbocycles. The molecule has 2 aliphatic carbocycles. The van der Waals surface area contributed by atoms with Gasteiger partial charge in [0.25, 0.3) is 0 Å². The molecule has 5 heteroatoms. The summed E-state index contributed by atoms with van der Waals surface area (Å²) in [6.45, 7) is 5.69. The molecule has 1 unspecified atom stereocenters. The summed E-state index contributed by atoms with van der Waals surface area (Å²) in [5.41, 5.74) is 11.0. The second-order valence-electron chi connectivity index (χ2n) is 8.78. The molecule has 3 aliphatic rings. The number of halogens is 1. The molecule has 0 amide bonds. The Labute approximate surface area is 160 Å². The van der Waals surface area contributed by atoms with Crippen LogP contribution in [0.4, 0.5) is 10.3 Å². The van der Waals surface area contributed by atoms with Crippen LogP contribution in [0.2, 0.25) is 0 Å². The van der Waals surface area contributed by atoms with Gasteiger partial charge in [0.15, 0.2) is 5.67 Å². The van der Waals surface area contributed by atoms with Gasteiger partial charge in [-0.1, -0.05) is 12.1 Å². The van der Waals surface area contributed by atoms with Gasteiger partial charge in [-0.2, -0.15) is 0 Å². The number of benzene rings is 1. The molecule has 4 nitrogen and oxygen atoms in total. The van der Waals surface area contributed by atoms with Crippen molar-refractivity contribution < 1.29 is 4.39 Å². The van der Waals surface area contributed by atoms with Gasteiger partial charge in [-0.05, 0) is 69.6 Å². The van der Waals surface area contributed by atoms with Gasteiger partial charge in [0.2, 0.25) is 5.95 Å². The van der Waals surface area contributed by atoms with Crippen molar-refractivity contribution in [2.75, 3.05) is 18.0 Å². The quantitative estimate of drug-likeness (QED) is 0.887. The van der Waals surface area contributed by atoms with E-state index in [0.717, 1.165) is 49.2 Å². The maximum absolute atomic E-state index is 15.1. The molecule has 142 valence electrons. The zero-order chi connectivity index (χ0) is 18.8. The van der Waals surface area contributed by atoms with Crippen LogP contribution in [0.3, 0.4) is 0 Å². The lowest BCUT2D eigenvalue weighted by atomic mass is 9.71. The third-order valence-electron chi connectivity index (χ3n) is 6.75. The van der Waals surface area contributed by atoms with Crippen LogP contribution in [0.15, 0.2) is 18.2 Å². The highest BCUT2D eigenvalue weighted by molar-refractivity contribution is 5.69. The maximum atomic E-state index is 15.1. The minimum atomic E-state index is -1.37. The van der Waals surface area contributed by atoms with Crippen molar-refractivity contribution >= 4 is 5.95 Å². The number of fused-ring (bicyclic) bond motifs is 1. The Hall–Kier alpha value is -2.01. The Balaban J connectivity index is 1.62. The normalized spacial score (nSPS) is 25.7. The molecule has 0 bridgehead atoms. The van der Waals surface area contributed by atoms with Gasteiger partial charge in [-0.15, -0.1) is 0 Å². The van der Waals surface area contributed by atoms with Crippen LogP contribution in [-0.4, -0.2) is 23.1 Å². The van der Waals surface area contributed by atoms with E-state index < -0.39 is 5.67 Å². The molecule has 1 aromatic heterocycles. The monoisotopic (exact) mass is 366 g/mol. The molecule has 1 aliphatic heterocycles. The lowest BCUT2D eigenvalue weighted by molar-refractivity contribution is 0.188. The largest absolute Gasteiger partial charge is 0.341 e. The highest BCUT2D eigenvalue weighted by Crippen LogP contribution is 2.45. The summed E-state index contributed by atoms with van der Waals surface area (Å²) >= 11 is 0. The van der Waals surface area contributed by atoms with Gasteiger partial charge in [-0.3, -0.25) is 0 Å². The number of nitrogens with two attached hydrogens (primary N) is 1. The summed E-state index contributed by atoms with van der Waals surface area (Å²) in [7, 11) is 0. The molecule has 27 heavy (non-hydrogen) atoms. The molecule has 2 aromatic rings. The number of hydrogen-bond acceptors (Lipinski definition) is 4. The number of aromatic nitrogens is 2. The lowest BCUT2D eigenvalue weighted by Crippen LogP contribution is -2.43. The fourth-order valence-corrected chi connectivity index (χ4v) is 4.71. The van der Waals surface area contributed by atoms with Crippen molar-refractivity contribution in [2.45, 2.75) is 63.6 Å². The summed E-state index contributed by atoms with van der Waals surface area (Å²) < 4.78 is 15.1. The van der Waals surface area contributed by atoms with Crippen molar-refractivity contribution in [3.05, 3.63) is 40.6 Å². The Morgan fingerprint density at radius 2 is 1.89 bits per heavy atom. The van der Waals surface area contributed by atoms with Crippen molar-refractivity contribution in [1.29, 1.82) is 0 Å². The minimum Gasteiger partial charge on any atom is -0.341 e. The minimum absolute atomic E-state index is 0.170. The Morgan fingerprint density at radius 1 is 1.11 bits per heavy atom. The van der Waals surface area contributed by atoms with E-state index in [2.05, 4.69) is 35.0 Å². The highest BCUT2D eigenvalue weighted by Gasteiger charge is 2.40. The van der Waals surface area contributed by atoms with Crippen LogP contribution in [-0.2, 0) is 17.6 Å². The van der Waals surface area contributed by atoms with Crippen LogP contribution in [0, 0.1) is 6.92 Å². The first-order valence-corrected chi connectivity index (χ1v) is 10.1. The van der Waals surface area contributed by atoms with E-state index in [0.29, 0.717) is 24.5 Å². The van der Waals surface area contributed by atoms with E-state index in [4.69, 9.17) is 10.7 Å². The molecule has 2 fully saturated rings. The smallest absolute Gasteiger partial charge is 0.226 e. The highest BCUT2D eigenvalue weighted by atomic mass is 19.1. The van der Waals surface area contributed by atoms with Crippen molar-refractivity contribution in [2.24, 2.45) is 5.73 Å². The van der Waals surface area contributed by atoms with E-state index >= 15 is 4.39 Å². The topological polar surface area (TPSA) is 55.0 Å². The Bertz CT molecular complexity index is 913. The number of rotatable bonds is 3. The zero-order valence-electron chi connectivity index (χ0n) is 16.2. The molecule has 0 radical (unpaired) electrons. The summed E-state index contributed by atoms with van der Waals surface area (Å²) in [5, 5.41) is 0. The molecule has 1 aromatic carbocycles. The van der Waals surface area contributed by atoms with Gasteiger partial charge in [0, 0.05) is 29.8 Å². The fourth-order valence-electron chi connectivity index (χ4n) is 4.71. The van der Waals surface area contributed by atoms with E-state index in [-0.39, 0.29) is 5.54 Å². The van der Waals surface area contributed by atoms with Gasteiger partial charge >= 0.3 is 0 Å². The van der Waals surface area contributed by atoms with E-state index in [1.165, 1.54) is 17.5 Å². The van der Waals surface area contributed by atoms with Crippen LogP contribution < -0.4 is 10.6 Å². The predicted octanol–water partition coefficient (Wildman–Crippen LogP) is 4.13. The van der Waals surface area contributed by atoms with Crippen molar-refractivity contribution in [3.63, 3.8) is 0 Å². The summed E-state index contributed by atoms with van der Waals surface area (Å²) in [5.74, 6) is 0.678. The van der Waals surface area contributed by atoms with Gasteiger partial charge in [0.1, 0.15) is 0 Å². The number of hydrogen-bond donors (Lipinski definition) is 1. The average molecular weight is 366 g/mol. The fraction of sp³-hybridized carbons (Fsp3) is 0.545. The van der Waals surface area contributed by atoms with Crippen LogP contribution in [0.25, 0.3) is 11.3 Å². The third-order valence-corrected chi connectivity index (χ3v) is 6.75. The van der Waals surface area contributed by atoms with Crippen LogP contribution >= 0.6 is 0 Å².